The first-order valence-corrected chi connectivity index (χ1v) is 6.63. The Bertz CT molecular complexity index is 578. The predicted molar refractivity (Wildman–Crippen MR) is 78.1 cm³/mol. The highest BCUT2D eigenvalue weighted by Crippen LogP contribution is 2.22. The molecule has 0 bridgehead atoms. The number of aromatic nitrogens is 1. The van der Waals surface area contributed by atoms with Crippen LogP contribution in [0.4, 0.5) is 5.82 Å². The van der Waals surface area contributed by atoms with E-state index in [1.807, 2.05) is 48.5 Å². The van der Waals surface area contributed by atoms with Crippen molar-refractivity contribution in [1.29, 1.82) is 5.26 Å². The molecule has 0 fully saturated rings. The van der Waals surface area contributed by atoms with Gasteiger partial charge in [0.1, 0.15) is 17.6 Å². The number of nitriles is 1. The number of nitrogens with one attached hydrogen (secondary N) is 1. The molecule has 102 valence electrons. The lowest BCUT2D eigenvalue weighted by atomic mass is 10.0. The first-order valence-electron chi connectivity index (χ1n) is 6.63. The Balaban J connectivity index is 2.17. The van der Waals surface area contributed by atoms with Crippen molar-refractivity contribution in [3.63, 3.8) is 0 Å². The van der Waals surface area contributed by atoms with E-state index in [-0.39, 0.29) is 12.6 Å². The highest BCUT2D eigenvalue weighted by atomic mass is 16.2. The average molecular weight is 267 g/mol. The van der Waals surface area contributed by atoms with Crippen LogP contribution in [-0.4, -0.2) is 16.7 Å². The standard InChI is InChI=1S/C16H17N3O/c17-12-14-8-4-10-16(18-14)19-15(9-5-11-20)13-6-2-1-3-7-13/h1-4,6-8,10,15,20H,5,9,11H2,(H,18,19). The molecule has 4 nitrogen and oxygen atoms in total. The molecule has 1 unspecified atom stereocenters. The van der Waals surface area contributed by atoms with E-state index in [1.165, 1.54) is 0 Å². The molecule has 4 heteroatoms. The van der Waals surface area contributed by atoms with Crippen LogP contribution in [0.15, 0.2) is 48.5 Å². The van der Waals surface area contributed by atoms with Gasteiger partial charge >= 0.3 is 0 Å². The van der Waals surface area contributed by atoms with Crippen LogP contribution in [0.2, 0.25) is 0 Å². The maximum atomic E-state index is 9.02. The number of aliphatic hydroxyl groups excluding tert-OH is 1. The zero-order valence-electron chi connectivity index (χ0n) is 11.2. The van der Waals surface area contributed by atoms with Gasteiger partial charge in [0.2, 0.25) is 0 Å². The van der Waals surface area contributed by atoms with Crippen LogP contribution in [0.3, 0.4) is 0 Å². The van der Waals surface area contributed by atoms with Crippen molar-refractivity contribution in [1.82, 2.24) is 4.98 Å². The normalized spacial score (nSPS) is 11.6. The van der Waals surface area contributed by atoms with Gasteiger partial charge in [-0.3, -0.25) is 0 Å². The number of benzene rings is 1. The molecule has 2 N–H and O–H groups in total. The first kappa shape index (κ1) is 14.0. The molecule has 0 saturated heterocycles. The third-order valence-corrected chi connectivity index (χ3v) is 3.04. The molecule has 1 heterocycles. The van der Waals surface area contributed by atoms with Crippen molar-refractivity contribution in [2.75, 3.05) is 11.9 Å². The largest absolute Gasteiger partial charge is 0.396 e. The summed E-state index contributed by atoms with van der Waals surface area (Å²) in [6.07, 6.45) is 1.52. The Morgan fingerprint density at radius 2 is 1.95 bits per heavy atom. The van der Waals surface area contributed by atoms with Crippen molar-refractivity contribution in [3.8, 4) is 6.07 Å². The Labute approximate surface area is 118 Å². The molecule has 0 radical (unpaired) electrons. The quantitative estimate of drug-likeness (QED) is 0.844. The summed E-state index contributed by atoms with van der Waals surface area (Å²) in [6, 6.07) is 17.5. The van der Waals surface area contributed by atoms with E-state index < -0.39 is 0 Å². The second kappa shape index (κ2) is 7.27. The molecule has 0 amide bonds. The lowest BCUT2D eigenvalue weighted by Crippen LogP contribution is -2.12. The predicted octanol–water partition coefficient (Wildman–Crippen LogP) is 2.88. The molecule has 0 aliphatic rings. The van der Waals surface area contributed by atoms with E-state index in [0.29, 0.717) is 17.9 Å². The summed E-state index contributed by atoms with van der Waals surface area (Å²) >= 11 is 0. The molecule has 2 aromatic rings. The number of rotatable bonds is 6. The Morgan fingerprint density at radius 1 is 1.15 bits per heavy atom. The lowest BCUT2D eigenvalue weighted by Gasteiger charge is -2.19. The number of anilines is 1. The van der Waals surface area contributed by atoms with Crippen LogP contribution < -0.4 is 5.32 Å². The van der Waals surface area contributed by atoms with Crippen molar-refractivity contribution in [3.05, 3.63) is 59.8 Å². The number of aliphatic hydroxyl groups is 1. The Hall–Kier alpha value is -2.38. The molecule has 1 aromatic carbocycles. The number of hydrogen-bond donors (Lipinski definition) is 2. The molecule has 2 rings (SSSR count). The van der Waals surface area contributed by atoms with Gasteiger partial charge in [0.15, 0.2) is 0 Å². The molecule has 1 atom stereocenters. The van der Waals surface area contributed by atoms with Gasteiger partial charge in [-0.05, 0) is 30.5 Å². The van der Waals surface area contributed by atoms with Crippen LogP contribution >= 0.6 is 0 Å². The summed E-state index contributed by atoms with van der Waals surface area (Å²) in [7, 11) is 0. The molecule has 0 spiro atoms. The zero-order valence-corrected chi connectivity index (χ0v) is 11.2. The van der Waals surface area contributed by atoms with Gasteiger partial charge in [0.25, 0.3) is 0 Å². The van der Waals surface area contributed by atoms with Crippen LogP contribution in [-0.2, 0) is 0 Å². The molecule has 1 aromatic heterocycles. The van der Waals surface area contributed by atoms with E-state index in [4.69, 9.17) is 10.4 Å². The van der Waals surface area contributed by atoms with Gasteiger partial charge in [-0.25, -0.2) is 4.98 Å². The van der Waals surface area contributed by atoms with Crippen molar-refractivity contribution in [2.45, 2.75) is 18.9 Å². The molecule has 20 heavy (non-hydrogen) atoms. The van der Waals surface area contributed by atoms with Gasteiger partial charge in [0.05, 0.1) is 6.04 Å². The van der Waals surface area contributed by atoms with Gasteiger partial charge in [-0.1, -0.05) is 36.4 Å². The summed E-state index contributed by atoms with van der Waals surface area (Å²) in [6.45, 7) is 0.163. The van der Waals surface area contributed by atoms with E-state index in [1.54, 1.807) is 6.07 Å². The fraction of sp³-hybridized carbons (Fsp3) is 0.250. The molecular formula is C16H17N3O. The van der Waals surface area contributed by atoms with Crippen LogP contribution in [0.5, 0.6) is 0 Å². The zero-order chi connectivity index (χ0) is 14.2. The topological polar surface area (TPSA) is 68.9 Å². The van der Waals surface area contributed by atoms with Gasteiger partial charge < -0.3 is 10.4 Å². The van der Waals surface area contributed by atoms with Gasteiger partial charge in [0, 0.05) is 6.61 Å². The van der Waals surface area contributed by atoms with Crippen LogP contribution in [0.1, 0.15) is 30.1 Å². The smallest absolute Gasteiger partial charge is 0.142 e. The van der Waals surface area contributed by atoms with Crippen LogP contribution in [0.25, 0.3) is 0 Å². The average Bonchev–Trinajstić information content (AvgIpc) is 2.52. The summed E-state index contributed by atoms with van der Waals surface area (Å²) in [5.41, 5.74) is 1.54. The maximum absolute atomic E-state index is 9.02. The third kappa shape index (κ3) is 3.81. The fourth-order valence-corrected chi connectivity index (χ4v) is 2.06. The number of nitrogens with zero attached hydrogens (tertiary/aromatic N) is 2. The van der Waals surface area contributed by atoms with Crippen molar-refractivity contribution >= 4 is 5.82 Å². The monoisotopic (exact) mass is 267 g/mol. The number of pyridine rings is 1. The Kier molecular flexibility index (Phi) is 5.10. The minimum absolute atomic E-state index is 0.0739. The maximum Gasteiger partial charge on any atom is 0.142 e. The second-order valence-corrected chi connectivity index (χ2v) is 4.49. The van der Waals surface area contributed by atoms with E-state index >= 15 is 0 Å². The first-order chi connectivity index (χ1) is 9.83. The second-order valence-electron chi connectivity index (χ2n) is 4.49. The summed E-state index contributed by atoms with van der Waals surface area (Å²) < 4.78 is 0. The van der Waals surface area contributed by atoms with Crippen molar-refractivity contribution in [2.24, 2.45) is 0 Å². The molecule has 0 aliphatic carbocycles. The van der Waals surface area contributed by atoms with E-state index in [0.717, 1.165) is 12.0 Å². The highest BCUT2D eigenvalue weighted by molar-refractivity contribution is 5.41. The van der Waals surface area contributed by atoms with E-state index in [9.17, 15) is 0 Å². The fourth-order valence-electron chi connectivity index (χ4n) is 2.06. The summed E-state index contributed by atoms with van der Waals surface area (Å²) in [4.78, 5) is 4.23. The van der Waals surface area contributed by atoms with E-state index in [2.05, 4.69) is 10.3 Å². The number of hydrogen-bond acceptors (Lipinski definition) is 4. The minimum atomic E-state index is 0.0739. The van der Waals surface area contributed by atoms with Crippen LogP contribution in [0, 0.1) is 11.3 Å². The minimum Gasteiger partial charge on any atom is -0.396 e. The summed E-state index contributed by atoms with van der Waals surface area (Å²) in [5.74, 6) is 0.677. The summed E-state index contributed by atoms with van der Waals surface area (Å²) in [5, 5.41) is 21.2. The third-order valence-electron chi connectivity index (χ3n) is 3.04. The van der Waals surface area contributed by atoms with Gasteiger partial charge in [-0.15, -0.1) is 0 Å². The van der Waals surface area contributed by atoms with Gasteiger partial charge in [-0.2, -0.15) is 5.26 Å². The molecule has 0 aliphatic heterocycles. The SMILES string of the molecule is N#Cc1cccc(NC(CCCO)c2ccccc2)n1. The Morgan fingerprint density at radius 3 is 2.65 bits per heavy atom. The van der Waals surface area contributed by atoms with Crippen molar-refractivity contribution < 1.29 is 5.11 Å². The molecule has 0 saturated carbocycles. The molecular weight excluding hydrogens is 250 g/mol. The lowest BCUT2D eigenvalue weighted by molar-refractivity contribution is 0.281. The highest BCUT2D eigenvalue weighted by Gasteiger charge is 2.11.